The molecule has 1 aliphatic carbocycles. The van der Waals surface area contributed by atoms with Crippen LogP contribution >= 0.6 is 34.2 Å². The second-order valence-electron chi connectivity index (χ2n) is 6.06. The highest BCUT2D eigenvalue weighted by atomic mass is 127. The number of nitrogens with one attached hydrogen (secondary N) is 2. The predicted molar refractivity (Wildman–Crippen MR) is 91.7 cm³/mol. The van der Waals surface area contributed by atoms with E-state index in [0.717, 1.165) is 27.7 Å². The second kappa shape index (κ2) is 6.57. The molecule has 0 spiro atoms. The van der Waals surface area contributed by atoms with Crippen LogP contribution in [0.4, 0.5) is 4.39 Å². The predicted octanol–water partition coefficient (Wildman–Crippen LogP) is 2.92. The second-order valence-corrected chi connectivity index (χ2v) is 7.52. The summed E-state index contributed by atoms with van der Waals surface area (Å²) in [6, 6.07) is 1.06. The Kier molecular flexibility index (Phi) is 4.89. The summed E-state index contributed by atoms with van der Waals surface area (Å²) >= 11 is 8.35. The summed E-state index contributed by atoms with van der Waals surface area (Å²) in [4.78, 5) is 16.5. The molecule has 1 aliphatic heterocycles. The van der Waals surface area contributed by atoms with E-state index in [2.05, 4.69) is 38.2 Å². The molecule has 3 unspecified atom stereocenters. The molecule has 1 saturated heterocycles. The Labute approximate surface area is 147 Å². The standard InChI is InChI=1S/C15H18ClFIN3O/c1-7-10(17)5-11(20-7)15(22)19-6-9-4-12(16)21-14(13(9)18)8-2-3-8/h4,7-8,10-11,20H,2-3,5-6H2,1H3,(H,19,22). The number of hydrogen-bond acceptors (Lipinski definition) is 3. The molecule has 2 fully saturated rings. The van der Waals surface area contributed by atoms with Crippen molar-refractivity contribution in [1.29, 1.82) is 0 Å². The third kappa shape index (κ3) is 3.54. The summed E-state index contributed by atoms with van der Waals surface area (Å²) in [7, 11) is 0. The Morgan fingerprint density at radius 3 is 2.91 bits per heavy atom. The number of aromatic nitrogens is 1. The number of nitrogens with zero attached hydrogens (tertiary/aromatic N) is 1. The van der Waals surface area contributed by atoms with Gasteiger partial charge in [-0.2, -0.15) is 0 Å². The van der Waals surface area contributed by atoms with Gasteiger partial charge in [0, 0.05) is 28.5 Å². The minimum atomic E-state index is -0.965. The molecular weight excluding hydrogens is 420 g/mol. The van der Waals surface area contributed by atoms with Gasteiger partial charge in [-0.05, 0) is 54.0 Å². The summed E-state index contributed by atoms with van der Waals surface area (Å²) in [6.07, 6.45) is 1.57. The molecule has 4 nitrogen and oxygen atoms in total. The highest BCUT2D eigenvalue weighted by Gasteiger charge is 2.35. The molecule has 0 bridgehead atoms. The van der Waals surface area contributed by atoms with Crippen LogP contribution in [0.5, 0.6) is 0 Å². The molecular formula is C15H18ClFIN3O. The maximum Gasteiger partial charge on any atom is 0.237 e. The van der Waals surface area contributed by atoms with E-state index in [1.165, 1.54) is 0 Å². The average Bonchev–Trinajstić information content (AvgIpc) is 3.26. The number of carbonyl (C=O) groups excluding carboxylic acids is 1. The molecule has 2 aliphatic rings. The fraction of sp³-hybridized carbons (Fsp3) is 0.600. The Bertz CT molecular complexity index is 586. The fourth-order valence-electron chi connectivity index (χ4n) is 2.73. The summed E-state index contributed by atoms with van der Waals surface area (Å²) < 4.78 is 14.6. The maximum atomic E-state index is 13.5. The fourth-order valence-corrected chi connectivity index (χ4v) is 3.86. The summed E-state index contributed by atoms with van der Waals surface area (Å²) in [5.41, 5.74) is 2.01. The van der Waals surface area contributed by atoms with Crippen LogP contribution in [-0.2, 0) is 11.3 Å². The first kappa shape index (κ1) is 16.4. The van der Waals surface area contributed by atoms with Gasteiger partial charge in [0.2, 0.25) is 5.91 Å². The number of pyridine rings is 1. The lowest BCUT2D eigenvalue weighted by Crippen LogP contribution is -2.42. The van der Waals surface area contributed by atoms with Crippen LogP contribution in [0.2, 0.25) is 5.15 Å². The first-order valence-electron chi connectivity index (χ1n) is 7.48. The minimum absolute atomic E-state index is 0.163. The van der Waals surface area contributed by atoms with Gasteiger partial charge in [-0.25, -0.2) is 9.37 Å². The molecule has 1 aromatic heterocycles. The van der Waals surface area contributed by atoms with Crippen LogP contribution in [0.1, 0.15) is 43.4 Å². The molecule has 120 valence electrons. The van der Waals surface area contributed by atoms with Crippen molar-refractivity contribution in [2.24, 2.45) is 0 Å². The minimum Gasteiger partial charge on any atom is -0.351 e. The van der Waals surface area contributed by atoms with Gasteiger partial charge in [-0.15, -0.1) is 0 Å². The molecule has 0 radical (unpaired) electrons. The normalized spacial score (nSPS) is 27.9. The van der Waals surface area contributed by atoms with Crippen molar-refractivity contribution in [2.75, 3.05) is 0 Å². The van der Waals surface area contributed by atoms with Crippen molar-refractivity contribution in [3.63, 3.8) is 0 Å². The zero-order chi connectivity index (χ0) is 15.9. The molecule has 3 rings (SSSR count). The Morgan fingerprint density at radius 2 is 2.32 bits per heavy atom. The number of alkyl halides is 1. The Morgan fingerprint density at radius 1 is 1.59 bits per heavy atom. The lowest BCUT2D eigenvalue weighted by atomic mass is 10.1. The first-order valence-corrected chi connectivity index (χ1v) is 8.94. The molecule has 2 N–H and O–H groups in total. The number of rotatable bonds is 4. The van der Waals surface area contributed by atoms with E-state index >= 15 is 0 Å². The van der Waals surface area contributed by atoms with Crippen LogP contribution < -0.4 is 10.6 Å². The van der Waals surface area contributed by atoms with Crippen molar-refractivity contribution in [3.8, 4) is 0 Å². The zero-order valence-electron chi connectivity index (χ0n) is 12.2. The van der Waals surface area contributed by atoms with Crippen LogP contribution in [0, 0.1) is 3.57 Å². The van der Waals surface area contributed by atoms with Crippen molar-refractivity contribution >= 4 is 40.1 Å². The topological polar surface area (TPSA) is 54.0 Å². The molecule has 22 heavy (non-hydrogen) atoms. The molecule has 1 aromatic rings. The molecule has 0 aromatic carbocycles. The SMILES string of the molecule is CC1NC(C(=O)NCc2cc(Cl)nc(C3CC3)c2I)CC1F. The number of amides is 1. The van der Waals surface area contributed by atoms with Gasteiger partial charge in [0.05, 0.1) is 11.7 Å². The monoisotopic (exact) mass is 437 g/mol. The summed E-state index contributed by atoms with van der Waals surface area (Å²) in [5, 5.41) is 6.32. The van der Waals surface area contributed by atoms with Gasteiger partial charge in [0.15, 0.2) is 0 Å². The molecule has 2 heterocycles. The number of carbonyl (C=O) groups is 1. The van der Waals surface area contributed by atoms with Crippen LogP contribution in [0.25, 0.3) is 0 Å². The molecule has 7 heteroatoms. The van der Waals surface area contributed by atoms with Gasteiger partial charge >= 0.3 is 0 Å². The van der Waals surface area contributed by atoms with Gasteiger partial charge in [0.25, 0.3) is 0 Å². The summed E-state index contributed by atoms with van der Waals surface area (Å²) in [6.45, 7) is 2.15. The third-order valence-electron chi connectivity index (χ3n) is 4.23. The van der Waals surface area contributed by atoms with E-state index in [1.54, 1.807) is 13.0 Å². The lowest BCUT2D eigenvalue weighted by Gasteiger charge is -2.14. The smallest absolute Gasteiger partial charge is 0.237 e. The Hall–Kier alpha value is -0.470. The quantitative estimate of drug-likeness (QED) is 0.563. The average molecular weight is 438 g/mol. The van der Waals surface area contributed by atoms with E-state index in [0.29, 0.717) is 17.6 Å². The largest absolute Gasteiger partial charge is 0.351 e. The van der Waals surface area contributed by atoms with Crippen LogP contribution in [-0.4, -0.2) is 29.1 Å². The van der Waals surface area contributed by atoms with E-state index in [9.17, 15) is 9.18 Å². The zero-order valence-corrected chi connectivity index (χ0v) is 15.1. The molecule has 3 atom stereocenters. The van der Waals surface area contributed by atoms with E-state index < -0.39 is 12.2 Å². The van der Waals surface area contributed by atoms with Crippen molar-refractivity contribution < 1.29 is 9.18 Å². The Balaban J connectivity index is 1.65. The lowest BCUT2D eigenvalue weighted by molar-refractivity contribution is -0.123. The van der Waals surface area contributed by atoms with E-state index in [-0.39, 0.29) is 18.4 Å². The van der Waals surface area contributed by atoms with E-state index in [4.69, 9.17) is 11.6 Å². The highest BCUT2D eigenvalue weighted by molar-refractivity contribution is 14.1. The first-order chi connectivity index (χ1) is 10.5. The molecule has 1 saturated carbocycles. The van der Waals surface area contributed by atoms with Gasteiger partial charge < -0.3 is 10.6 Å². The van der Waals surface area contributed by atoms with Crippen molar-refractivity contribution in [3.05, 3.63) is 26.0 Å². The summed E-state index contributed by atoms with van der Waals surface area (Å²) in [5.74, 6) is 0.341. The van der Waals surface area contributed by atoms with Crippen LogP contribution in [0.15, 0.2) is 6.07 Å². The third-order valence-corrected chi connectivity index (χ3v) is 5.67. The van der Waals surface area contributed by atoms with E-state index in [1.807, 2.05) is 0 Å². The molecule has 1 amide bonds. The van der Waals surface area contributed by atoms with Crippen molar-refractivity contribution in [2.45, 2.75) is 56.9 Å². The van der Waals surface area contributed by atoms with Gasteiger partial charge in [0.1, 0.15) is 11.3 Å². The maximum absolute atomic E-state index is 13.5. The van der Waals surface area contributed by atoms with Gasteiger partial charge in [-0.1, -0.05) is 11.6 Å². The van der Waals surface area contributed by atoms with Crippen LogP contribution in [0.3, 0.4) is 0 Å². The number of halogens is 3. The van der Waals surface area contributed by atoms with Gasteiger partial charge in [-0.3, -0.25) is 4.79 Å². The highest BCUT2D eigenvalue weighted by Crippen LogP contribution is 2.42. The van der Waals surface area contributed by atoms with Crippen molar-refractivity contribution in [1.82, 2.24) is 15.6 Å². The number of hydrogen-bond donors (Lipinski definition) is 2.